The van der Waals surface area contributed by atoms with E-state index in [1.165, 1.54) is 11.9 Å². The number of aromatic nitrogens is 3. The predicted octanol–water partition coefficient (Wildman–Crippen LogP) is 5.16. The Morgan fingerprint density at radius 1 is 0.853 bits per heavy atom. The first-order valence-corrected chi connectivity index (χ1v) is 11.0. The van der Waals surface area contributed by atoms with Crippen LogP contribution < -0.4 is 4.74 Å². The molecular formula is C27H18N4O3. The Labute approximate surface area is 193 Å². The van der Waals surface area contributed by atoms with Crippen molar-refractivity contribution in [1.82, 2.24) is 19.9 Å². The summed E-state index contributed by atoms with van der Waals surface area (Å²) >= 11 is 0. The Morgan fingerprint density at radius 2 is 1.59 bits per heavy atom. The lowest BCUT2D eigenvalue weighted by atomic mass is 9.97. The van der Waals surface area contributed by atoms with Crippen molar-refractivity contribution in [3.05, 3.63) is 83.6 Å². The molecule has 0 bridgehead atoms. The zero-order valence-corrected chi connectivity index (χ0v) is 18.2. The van der Waals surface area contributed by atoms with Gasteiger partial charge in [0.05, 0.1) is 22.2 Å². The van der Waals surface area contributed by atoms with Crippen LogP contribution in [0.5, 0.6) is 5.75 Å². The van der Waals surface area contributed by atoms with Gasteiger partial charge in [0.2, 0.25) is 0 Å². The summed E-state index contributed by atoms with van der Waals surface area (Å²) < 4.78 is 6.05. The monoisotopic (exact) mass is 446 g/mol. The van der Waals surface area contributed by atoms with E-state index in [-0.39, 0.29) is 11.8 Å². The second-order valence-electron chi connectivity index (χ2n) is 8.55. The molecule has 2 amide bonds. The van der Waals surface area contributed by atoms with E-state index in [9.17, 15) is 9.59 Å². The molecule has 164 valence electrons. The number of carbonyl (C=O) groups excluding carboxylic acids is 2. The first-order valence-electron chi connectivity index (χ1n) is 11.0. The Kier molecular flexibility index (Phi) is 3.71. The Morgan fingerprint density at radius 3 is 2.38 bits per heavy atom. The lowest BCUT2D eigenvalue weighted by molar-refractivity contribution is 0.0694. The van der Waals surface area contributed by atoms with E-state index >= 15 is 0 Å². The molecule has 0 atom stereocenters. The van der Waals surface area contributed by atoms with E-state index in [1.54, 1.807) is 6.20 Å². The number of pyridine rings is 1. The molecule has 0 saturated heterocycles. The van der Waals surface area contributed by atoms with Gasteiger partial charge in [0.25, 0.3) is 11.8 Å². The summed E-state index contributed by atoms with van der Waals surface area (Å²) in [5.74, 6) is 0.0821. The maximum Gasteiger partial charge on any atom is 0.262 e. The molecule has 34 heavy (non-hydrogen) atoms. The zero-order valence-electron chi connectivity index (χ0n) is 18.2. The van der Waals surface area contributed by atoms with Gasteiger partial charge in [-0.25, -0.2) is 4.98 Å². The number of amides is 2. The quantitative estimate of drug-likeness (QED) is 0.368. The normalized spacial score (nSPS) is 13.6. The van der Waals surface area contributed by atoms with Crippen molar-refractivity contribution < 1.29 is 14.3 Å². The molecule has 4 heterocycles. The maximum atomic E-state index is 13.3. The summed E-state index contributed by atoms with van der Waals surface area (Å²) in [6.45, 7) is 0.435. The predicted molar refractivity (Wildman–Crippen MR) is 130 cm³/mol. The fourth-order valence-electron chi connectivity index (χ4n) is 5.02. The number of carbonyl (C=O) groups is 2. The molecule has 2 N–H and O–H groups in total. The van der Waals surface area contributed by atoms with E-state index < -0.39 is 0 Å². The van der Waals surface area contributed by atoms with E-state index in [0.717, 1.165) is 43.7 Å². The average molecular weight is 446 g/mol. The van der Waals surface area contributed by atoms with Crippen LogP contribution in [0.25, 0.3) is 43.7 Å². The number of nitrogens with zero attached hydrogens (tertiary/aromatic N) is 2. The highest BCUT2D eigenvalue weighted by atomic mass is 16.5. The number of benzene rings is 3. The summed E-state index contributed by atoms with van der Waals surface area (Å²) in [5, 5.41) is 3.09. The first-order chi connectivity index (χ1) is 16.6. The van der Waals surface area contributed by atoms with Crippen LogP contribution in [0.3, 0.4) is 0 Å². The number of H-pyrrole nitrogens is 2. The number of hydrogen-bond donors (Lipinski definition) is 2. The van der Waals surface area contributed by atoms with E-state index in [1.807, 2.05) is 60.7 Å². The molecular weight excluding hydrogens is 428 g/mol. The summed E-state index contributed by atoms with van der Waals surface area (Å²) in [5.41, 5.74) is 4.99. The molecule has 0 radical (unpaired) electrons. The van der Waals surface area contributed by atoms with Crippen LogP contribution in [0.15, 0.2) is 66.9 Å². The third-order valence-corrected chi connectivity index (χ3v) is 6.63. The van der Waals surface area contributed by atoms with Gasteiger partial charge in [-0.2, -0.15) is 0 Å². The fraction of sp³-hybridized carbons (Fsp3) is 0.0741. The summed E-state index contributed by atoms with van der Waals surface area (Å²) in [6.07, 6.45) is 1.70. The van der Waals surface area contributed by atoms with Crippen LogP contribution in [0, 0.1) is 0 Å². The first kappa shape index (κ1) is 18.9. The van der Waals surface area contributed by atoms with Gasteiger partial charge >= 0.3 is 0 Å². The highest BCUT2D eigenvalue weighted by Gasteiger charge is 2.39. The SMILES string of the molecule is CN1C(=O)c2c(c3c4cccnc4[nH]c3c3[nH]c4ccc(OCc5ccccc5)cc4c23)C1=O. The number of hydrogen-bond acceptors (Lipinski definition) is 4. The van der Waals surface area contributed by atoms with Gasteiger partial charge in [-0.3, -0.25) is 14.5 Å². The van der Waals surface area contributed by atoms with E-state index in [2.05, 4.69) is 15.0 Å². The third kappa shape index (κ3) is 2.43. The van der Waals surface area contributed by atoms with Gasteiger partial charge in [0.15, 0.2) is 0 Å². The lowest BCUT2D eigenvalue weighted by Gasteiger charge is -2.07. The molecule has 1 aliphatic heterocycles. The molecule has 3 aromatic heterocycles. The van der Waals surface area contributed by atoms with Crippen LogP contribution in [0.1, 0.15) is 26.3 Å². The molecule has 0 unspecified atom stereocenters. The van der Waals surface area contributed by atoms with Crippen LogP contribution in [0.4, 0.5) is 0 Å². The molecule has 6 aromatic rings. The van der Waals surface area contributed by atoms with Crippen molar-refractivity contribution in [3.8, 4) is 5.75 Å². The minimum Gasteiger partial charge on any atom is -0.489 e. The Bertz CT molecular complexity index is 1810. The minimum atomic E-state index is -0.304. The van der Waals surface area contributed by atoms with E-state index in [0.29, 0.717) is 29.1 Å². The minimum absolute atomic E-state index is 0.303. The molecule has 0 fully saturated rings. The second-order valence-corrected chi connectivity index (χ2v) is 8.55. The average Bonchev–Trinajstić information content (AvgIpc) is 3.50. The number of rotatable bonds is 3. The van der Waals surface area contributed by atoms with Crippen LogP contribution in [-0.2, 0) is 6.61 Å². The largest absolute Gasteiger partial charge is 0.489 e. The van der Waals surface area contributed by atoms with Crippen LogP contribution in [-0.4, -0.2) is 38.7 Å². The molecule has 3 aromatic carbocycles. The van der Waals surface area contributed by atoms with Crippen LogP contribution in [0.2, 0.25) is 0 Å². The van der Waals surface area contributed by atoms with Crippen LogP contribution >= 0.6 is 0 Å². The van der Waals surface area contributed by atoms with Crippen molar-refractivity contribution in [2.45, 2.75) is 6.61 Å². The molecule has 0 spiro atoms. The van der Waals surface area contributed by atoms with Crippen molar-refractivity contribution in [2.24, 2.45) is 0 Å². The van der Waals surface area contributed by atoms with Crippen molar-refractivity contribution in [3.63, 3.8) is 0 Å². The van der Waals surface area contributed by atoms with Gasteiger partial charge in [-0.05, 0) is 35.9 Å². The van der Waals surface area contributed by atoms with Gasteiger partial charge in [0.1, 0.15) is 18.0 Å². The van der Waals surface area contributed by atoms with Gasteiger partial charge in [-0.1, -0.05) is 30.3 Å². The molecule has 1 aliphatic rings. The van der Waals surface area contributed by atoms with Gasteiger partial charge in [-0.15, -0.1) is 0 Å². The van der Waals surface area contributed by atoms with Crippen molar-refractivity contribution in [1.29, 1.82) is 0 Å². The fourth-order valence-corrected chi connectivity index (χ4v) is 5.02. The smallest absolute Gasteiger partial charge is 0.262 e. The van der Waals surface area contributed by atoms with Crippen molar-refractivity contribution >= 4 is 55.6 Å². The molecule has 7 heteroatoms. The lowest BCUT2D eigenvalue weighted by Crippen LogP contribution is -2.24. The standard InChI is InChI=1S/C27H18N4O3/c1-31-26(32)21-19-16-8-5-11-28-25(16)30-24(19)23-20(22(21)27(31)33)17-12-15(9-10-18(17)29-23)34-13-14-6-3-2-4-7-14/h2-12,29H,13H2,1H3,(H,28,30). The topological polar surface area (TPSA) is 91.1 Å². The second kappa shape index (κ2) is 6.68. The molecule has 0 saturated carbocycles. The van der Waals surface area contributed by atoms with Crippen molar-refractivity contribution in [2.75, 3.05) is 7.05 Å². The Balaban J connectivity index is 1.53. The zero-order chi connectivity index (χ0) is 23.0. The molecule has 7 nitrogen and oxygen atoms in total. The van der Waals surface area contributed by atoms with Gasteiger partial charge < -0.3 is 14.7 Å². The maximum absolute atomic E-state index is 13.3. The van der Waals surface area contributed by atoms with Gasteiger partial charge in [0, 0.05) is 40.3 Å². The number of fused-ring (bicyclic) bond motifs is 10. The summed E-state index contributed by atoms with van der Waals surface area (Å²) in [4.78, 5) is 39.0. The summed E-state index contributed by atoms with van der Waals surface area (Å²) in [7, 11) is 1.53. The Hall–Kier alpha value is -4.65. The number of ether oxygens (including phenoxy) is 1. The summed E-state index contributed by atoms with van der Waals surface area (Å²) in [6, 6.07) is 19.5. The number of nitrogens with one attached hydrogen (secondary N) is 2. The number of imide groups is 1. The molecule has 0 aliphatic carbocycles. The highest BCUT2D eigenvalue weighted by Crippen LogP contribution is 2.43. The third-order valence-electron chi connectivity index (χ3n) is 6.63. The number of aromatic amines is 2. The molecule has 7 rings (SSSR count). The highest BCUT2D eigenvalue weighted by molar-refractivity contribution is 6.38. The van der Waals surface area contributed by atoms with E-state index in [4.69, 9.17) is 4.74 Å².